The molecule has 1 aliphatic rings. The van der Waals surface area contributed by atoms with Gasteiger partial charge in [-0.15, -0.1) is 5.10 Å². The van der Waals surface area contributed by atoms with Crippen LogP contribution in [-0.4, -0.2) is 56.4 Å². The second-order valence-corrected chi connectivity index (χ2v) is 8.70. The van der Waals surface area contributed by atoms with E-state index in [1.165, 1.54) is 0 Å². The molecule has 1 saturated heterocycles. The van der Waals surface area contributed by atoms with E-state index in [1.54, 1.807) is 0 Å². The van der Waals surface area contributed by atoms with Crippen molar-refractivity contribution >= 4 is 10.9 Å². The van der Waals surface area contributed by atoms with Gasteiger partial charge >= 0.3 is 0 Å². The van der Waals surface area contributed by atoms with Gasteiger partial charge in [-0.25, -0.2) is 4.68 Å². The number of benzene rings is 1. The van der Waals surface area contributed by atoms with Crippen LogP contribution >= 0.6 is 0 Å². The maximum atomic E-state index is 13.2. The van der Waals surface area contributed by atoms with E-state index in [9.17, 15) is 4.79 Å². The van der Waals surface area contributed by atoms with Crippen LogP contribution in [0.25, 0.3) is 10.9 Å². The fourth-order valence-electron chi connectivity index (χ4n) is 3.92. The van der Waals surface area contributed by atoms with E-state index in [2.05, 4.69) is 65.2 Å². The molecule has 1 N–H and O–H groups in total. The van der Waals surface area contributed by atoms with Gasteiger partial charge in [-0.2, -0.15) is 0 Å². The number of pyridine rings is 1. The Labute approximate surface area is 169 Å². The molecule has 154 valence electrons. The number of aromatic amines is 1. The summed E-state index contributed by atoms with van der Waals surface area (Å²) in [4.78, 5) is 18.6. The number of ether oxygens (including phenoxy) is 1. The van der Waals surface area contributed by atoms with Crippen LogP contribution in [0, 0.1) is 13.8 Å². The molecule has 0 bridgehead atoms. The molecule has 4 rings (SSSR count). The Morgan fingerprint density at radius 1 is 1.17 bits per heavy atom. The van der Waals surface area contributed by atoms with Crippen molar-refractivity contribution in [3.63, 3.8) is 0 Å². The molecule has 2 aromatic heterocycles. The molecule has 0 spiro atoms. The van der Waals surface area contributed by atoms with Crippen molar-refractivity contribution in [1.29, 1.82) is 0 Å². The van der Waals surface area contributed by atoms with Crippen LogP contribution in [0.15, 0.2) is 23.0 Å². The predicted octanol–water partition coefficient (Wildman–Crippen LogP) is 2.31. The number of H-pyrrole nitrogens is 1. The molecular formula is C21H28N6O2. The van der Waals surface area contributed by atoms with Crippen LogP contribution in [-0.2, 0) is 10.3 Å². The van der Waals surface area contributed by atoms with Gasteiger partial charge in [0.15, 0.2) is 5.82 Å². The minimum Gasteiger partial charge on any atom is -0.379 e. The average Bonchev–Trinajstić information content (AvgIpc) is 3.17. The molecule has 0 amide bonds. The fraction of sp³-hybridized carbons (Fsp3) is 0.524. The maximum Gasteiger partial charge on any atom is 0.253 e. The lowest BCUT2D eigenvalue weighted by molar-refractivity contribution is 0.0206. The van der Waals surface area contributed by atoms with Crippen LogP contribution in [0.1, 0.15) is 49.3 Å². The first-order chi connectivity index (χ1) is 13.8. The molecule has 1 fully saturated rings. The third-order valence-electron chi connectivity index (χ3n) is 5.66. The number of aryl methyl sites for hydroxylation is 2. The molecule has 0 aliphatic carbocycles. The van der Waals surface area contributed by atoms with Crippen LogP contribution < -0.4 is 5.56 Å². The van der Waals surface area contributed by atoms with E-state index in [0.29, 0.717) is 37.7 Å². The molecule has 8 nitrogen and oxygen atoms in total. The summed E-state index contributed by atoms with van der Waals surface area (Å²) in [6, 6.07) is 5.79. The van der Waals surface area contributed by atoms with Crippen LogP contribution in [0.2, 0.25) is 0 Å². The lowest BCUT2D eigenvalue weighted by atomic mass is 9.99. The van der Waals surface area contributed by atoms with Crippen molar-refractivity contribution in [2.24, 2.45) is 0 Å². The van der Waals surface area contributed by atoms with Gasteiger partial charge in [-0.05, 0) is 67.6 Å². The second kappa shape index (κ2) is 7.35. The van der Waals surface area contributed by atoms with Gasteiger partial charge in [0.1, 0.15) is 6.04 Å². The summed E-state index contributed by atoms with van der Waals surface area (Å²) >= 11 is 0. The topological polar surface area (TPSA) is 88.9 Å². The molecule has 8 heteroatoms. The number of tetrazole rings is 1. The van der Waals surface area contributed by atoms with E-state index in [1.807, 2.05) is 17.7 Å². The van der Waals surface area contributed by atoms with Crippen molar-refractivity contribution in [1.82, 2.24) is 30.1 Å². The molecule has 1 aliphatic heterocycles. The van der Waals surface area contributed by atoms with Gasteiger partial charge in [0.05, 0.1) is 24.3 Å². The van der Waals surface area contributed by atoms with Crippen LogP contribution in [0.5, 0.6) is 0 Å². The van der Waals surface area contributed by atoms with Crippen molar-refractivity contribution in [3.05, 3.63) is 51.1 Å². The number of nitrogens with one attached hydrogen (secondary N) is 1. The van der Waals surface area contributed by atoms with Gasteiger partial charge < -0.3 is 9.72 Å². The van der Waals surface area contributed by atoms with Gasteiger partial charge in [-0.1, -0.05) is 12.1 Å². The quantitative estimate of drug-likeness (QED) is 0.731. The molecule has 3 aromatic rings. The lowest BCUT2D eigenvalue weighted by Gasteiger charge is -2.34. The molecule has 1 aromatic carbocycles. The highest BCUT2D eigenvalue weighted by atomic mass is 16.5. The van der Waals surface area contributed by atoms with Crippen LogP contribution in [0.4, 0.5) is 0 Å². The summed E-state index contributed by atoms with van der Waals surface area (Å²) in [5.41, 5.74) is 3.38. The van der Waals surface area contributed by atoms with E-state index in [-0.39, 0.29) is 17.1 Å². The molecule has 1 unspecified atom stereocenters. The summed E-state index contributed by atoms with van der Waals surface area (Å²) < 4.78 is 7.36. The Morgan fingerprint density at radius 2 is 1.90 bits per heavy atom. The van der Waals surface area contributed by atoms with Crippen molar-refractivity contribution in [2.45, 2.75) is 46.2 Å². The predicted molar refractivity (Wildman–Crippen MR) is 111 cm³/mol. The number of hydrogen-bond donors (Lipinski definition) is 1. The van der Waals surface area contributed by atoms with Crippen molar-refractivity contribution < 1.29 is 4.74 Å². The zero-order valence-corrected chi connectivity index (χ0v) is 17.7. The highest BCUT2D eigenvalue weighted by molar-refractivity contribution is 5.83. The summed E-state index contributed by atoms with van der Waals surface area (Å²) in [6.45, 7) is 12.9. The number of aromatic nitrogens is 5. The number of hydrogen-bond acceptors (Lipinski definition) is 6. The summed E-state index contributed by atoms with van der Waals surface area (Å²) in [5, 5.41) is 13.5. The van der Waals surface area contributed by atoms with Gasteiger partial charge in [0.25, 0.3) is 5.56 Å². The summed E-state index contributed by atoms with van der Waals surface area (Å²) in [5.74, 6) is 0.674. The Kier molecular flexibility index (Phi) is 5.00. The lowest BCUT2D eigenvalue weighted by Crippen LogP contribution is -2.43. The van der Waals surface area contributed by atoms with Gasteiger partial charge in [-0.3, -0.25) is 9.69 Å². The maximum absolute atomic E-state index is 13.2. The highest BCUT2D eigenvalue weighted by Gasteiger charge is 2.34. The molecule has 1 atom stereocenters. The Balaban J connectivity index is 1.93. The smallest absolute Gasteiger partial charge is 0.253 e. The van der Waals surface area contributed by atoms with E-state index in [4.69, 9.17) is 4.74 Å². The zero-order valence-electron chi connectivity index (χ0n) is 17.7. The van der Waals surface area contributed by atoms with Gasteiger partial charge in [0.2, 0.25) is 0 Å². The number of morpholine rings is 1. The monoisotopic (exact) mass is 396 g/mol. The van der Waals surface area contributed by atoms with E-state index >= 15 is 0 Å². The molecule has 29 heavy (non-hydrogen) atoms. The third kappa shape index (κ3) is 3.58. The number of fused-ring (bicyclic) bond motifs is 1. The van der Waals surface area contributed by atoms with Crippen molar-refractivity contribution in [3.8, 4) is 0 Å². The van der Waals surface area contributed by atoms with Crippen LogP contribution in [0.3, 0.4) is 0 Å². The number of nitrogens with zero attached hydrogens (tertiary/aromatic N) is 5. The second-order valence-electron chi connectivity index (χ2n) is 8.70. The van der Waals surface area contributed by atoms with E-state index in [0.717, 1.165) is 22.0 Å². The molecule has 0 radical (unpaired) electrons. The molecular weight excluding hydrogens is 368 g/mol. The first-order valence-electron chi connectivity index (χ1n) is 10.0. The first kappa shape index (κ1) is 19.7. The van der Waals surface area contributed by atoms with E-state index < -0.39 is 0 Å². The number of rotatable bonds is 3. The molecule has 0 saturated carbocycles. The minimum absolute atomic E-state index is 0.105. The standard InChI is InChI=1S/C21H28N6O2/c1-13-6-7-15-12-16(20(28)22-17(15)14(13)2)18(26-8-10-29-11-9-26)19-23-24-25-27(19)21(3,4)5/h6-7,12,18H,8-11H2,1-5H3,(H,22,28). The minimum atomic E-state index is -0.345. The highest BCUT2D eigenvalue weighted by Crippen LogP contribution is 2.30. The Hall–Kier alpha value is -2.58. The Morgan fingerprint density at radius 3 is 2.59 bits per heavy atom. The third-order valence-corrected chi connectivity index (χ3v) is 5.66. The summed E-state index contributed by atoms with van der Waals surface area (Å²) in [7, 11) is 0. The van der Waals surface area contributed by atoms with Gasteiger partial charge in [0, 0.05) is 18.7 Å². The fourth-order valence-corrected chi connectivity index (χ4v) is 3.92. The SMILES string of the molecule is Cc1ccc2cc(C(c3nnnn3C(C)(C)C)N3CCOCC3)c(=O)[nH]c2c1C. The summed E-state index contributed by atoms with van der Waals surface area (Å²) in [6.07, 6.45) is 0. The average molecular weight is 396 g/mol. The normalized spacial score (nSPS) is 17.0. The van der Waals surface area contributed by atoms with Crippen molar-refractivity contribution in [2.75, 3.05) is 26.3 Å². The Bertz CT molecular complexity index is 1090. The zero-order chi connectivity index (χ0) is 20.8. The largest absolute Gasteiger partial charge is 0.379 e. The molecule has 3 heterocycles. The first-order valence-corrected chi connectivity index (χ1v) is 10.0.